The summed E-state index contributed by atoms with van der Waals surface area (Å²) < 4.78 is 12.7. The van der Waals surface area contributed by atoms with Crippen LogP contribution in [0, 0.1) is 12.7 Å². The largest absolute Gasteiger partial charge is 0.337 e. The summed E-state index contributed by atoms with van der Waals surface area (Å²) in [6.07, 6.45) is 0.222. The Morgan fingerprint density at radius 1 is 1.00 bits per heavy atom. The number of amides is 2. The second kappa shape index (κ2) is 7.36. The zero-order chi connectivity index (χ0) is 15.9. The van der Waals surface area contributed by atoms with Gasteiger partial charge in [0, 0.05) is 24.2 Å². The van der Waals surface area contributed by atoms with E-state index in [1.54, 1.807) is 12.1 Å². The van der Waals surface area contributed by atoms with Crippen LogP contribution in [0.1, 0.15) is 22.3 Å². The van der Waals surface area contributed by atoms with Gasteiger partial charge in [-0.1, -0.05) is 29.8 Å². The number of anilines is 1. The van der Waals surface area contributed by atoms with Gasteiger partial charge >= 0.3 is 6.03 Å². The maximum Gasteiger partial charge on any atom is 0.319 e. The molecule has 2 aromatic carbocycles. The molecule has 5 heteroatoms. The highest BCUT2D eigenvalue weighted by Crippen LogP contribution is 2.08. The Labute approximate surface area is 128 Å². The normalized spacial score (nSPS) is 10.1. The minimum atomic E-state index is -0.427. The molecule has 0 saturated carbocycles. The molecule has 2 rings (SSSR count). The van der Waals surface area contributed by atoms with Crippen LogP contribution in [0.15, 0.2) is 48.5 Å². The quantitative estimate of drug-likeness (QED) is 0.830. The highest BCUT2D eigenvalue weighted by atomic mass is 19.1. The maximum absolute atomic E-state index is 12.7. The van der Waals surface area contributed by atoms with Gasteiger partial charge < -0.3 is 10.6 Å². The van der Waals surface area contributed by atoms with Gasteiger partial charge in [-0.2, -0.15) is 0 Å². The van der Waals surface area contributed by atoms with Gasteiger partial charge in [0.25, 0.3) is 0 Å². The summed E-state index contributed by atoms with van der Waals surface area (Å²) in [6, 6.07) is 12.3. The van der Waals surface area contributed by atoms with Gasteiger partial charge in [0.15, 0.2) is 5.78 Å². The second-order valence-electron chi connectivity index (χ2n) is 4.93. The van der Waals surface area contributed by atoms with Crippen LogP contribution >= 0.6 is 0 Å². The highest BCUT2D eigenvalue weighted by Gasteiger charge is 2.07. The lowest BCUT2D eigenvalue weighted by atomic mass is 10.1. The lowest BCUT2D eigenvalue weighted by Gasteiger charge is -2.07. The van der Waals surface area contributed by atoms with Crippen molar-refractivity contribution in [1.29, 1.82) is 0 Å². The van der Waals surface area contributed by atoms with E-state index in [0.29, 0.717) is 11.3 Å². The number of hydrogen-bond donors (Lipinski definition) is 2. The molecular weight excluding hydrogens is 283 g/mol. The number of benzene rings is 2. The number of urea groups is 1. The van der Waals surface area contributed by atoms with E-state index >= 15 is 0 Å². The Kier molecular flexibility index (Phi) is 5.25. The topological polar surface area (TPSA) is 58.2 Å². The SMILES string of the molecule is Cc1ccc(C(=O)CCNC(=O)Nc2ccc(F)cc2)cc1. The molecule has 0 saturated heterocycles. The monoisotopic (exact) mass is 300 g/mol. The molecule has 0 spiro atoms. The summed E-state index contributed by atoms with van der Waals surface area (Å²) in [6.45, 7) is 2.19. The maximum atomic E-state index is 12.7. The van der Waals surface area contributed by atoms with E-state index in [1.165, 1.54) is 24.3 Å². The molecule has 2 amide bonds. The third-order valence-corrected chi connectivity index (χ3v) is 3.11. The van der Waals surface area contributed by atoms with E-state index in [-0.39, 0.29) is 24.6 Å². The van der Waals surface area contributed by atoms with Crippen LogP contribution in [-0.4, -0.2) is 18.4 Å². The van der Waals surface area contributed by atoms with E-state index in [4.69, 9.17) is 0 Å². The van der Waals surface area contributed by atoms with Crippen LogP contribution in [0.2, 0.25) is 0 Å². The van der Waals surface area contributed by atoms with Crippen molar-refractivity contribution in [3.8, 4) is 0 Å². The van der Waals surface area contributed by atoms with E-state index in [0.717, 1.165) is 5.56 Å². The molecule has 2 N–H and O–H groups in total. The summed E-state index contributed by atoms with van der Waals surface area (Å²) in [7, 11) is 0. The molecule has 0 unspecified atom stereocenters. The predicted octanol–water partition coefficient (Wildman–Crippen LogP) is 3.53. The summed E-state index contributed by atoms with van der Waals surface area (Å²) >= 11 is 0. The fourth-order valence-electron chi connectivity index (χ4n) is 1.88. The van der Waals surface area contributed by atoms with E-state index in [2.05, 4.69) is 10.6 Å². The Morgan fingerprint density at radius 2 is 1.64 bits per heavy atom. The van der Waals surface area contributed by atoms with Gasteiger partial charge in [0.05, 0.1) is 0 Å². The molecule has 0 heterocycles. The summed E-state index contributed by atoms with van der Waals surface area (Å²) in [4.78, 5) is 23.6. The number of rotatable bonds is 5. The number of Topliss-reactive ketones (excluding diaryl/α,β-unsaturated/α-hetero) is 1. The van der Waals surface area contributed by atoms with Gasteiger partial charge in [-0.3, -0.25) is 4.79 Å². The number of carbonyl (C=O) groups excluding carboxylic acids is 2. The zero-order valence-corrected chi connectivity index (χ0v) is 12.2. The average molecular weight is 300 g/mol. The Hall–Kier alpha value is -2.69. The van der Waals surface area contributed by atoms with E-state index in [9.17, 15) is 14.0 Å². The molecule has 0 atom stereocenters. The second-order valence-corrected chi connectivity index (χ2v) is 4.93. The summed E-state index contributed by atoms with van der Waals surface area (Å²) in [5, 5.41) is 5.16. The molecule has 114 valence electrons. The van der Waals surface area contributed by atoms with Gasteiger partial charge in [-0.05, 0) is 31.2 Å². The molecule has 0 aliphatic carbocycles. The van der Waals surface area contributed by atoms with Crippen LogP contribution in [0.25, 0.3) is 0 Å². The van der Waals surface area contributed by atoms with Crippen LogP contribution in [0.5, 0.6) is 0 Å². The van der Waals surface area contributed by atoms with E-state index < -0.39 is 6.03 Å². The predicted molar refractivity (Wildman–Crippen MR) is 83.5 cm³/mol. The number of hydrogen-bond acceptors (Lipinski definition) is 2. The van der Waals surface area contributed by atoms with Crippen molar-refractivity contribution in [3.05, 3.63) is 65.5 Å². The molecule has 0 aliphatic rings. The van der Waals surface area contributed by atoms with Crippen LogP contribution < -0.4 is 10.6 Å². The third kappa shape index (κ3) is 4.70. The summed E-state index contributed by atoms with van der Waals surface area (Å²) in [5.41, 5.74) is 2.21. The first-order valence-electron chi connectivity index (χ1n) is 6.95. The lowest BCUT2D eigenvalue weighted by Crippen LogP contribution is -2.30. The smallest absolute Gasteiger partial charge is 0.319 e. The molecular formula is C17H17FN2O2. The first-order chi connectivity index (χ1) is 10.5. The van der Waals surface area contributed by atoms with Crippen molar-refractivity contribution in [1.82, 2.24) is 5.32 Å². The molecule has 0 fully saturated rings. The molecule has 2 aromatic rings. The van der Waals surface area contributed by atoms with Crippen molar-refractivity contribution in [2.75, 3.05) is 11.9 Å². The van der Waals surface area contributed by atoms with Gasteiger partial charge in [-0.15, -0.1) is 0 Å². The molecule has 0 bridgehead atoms. The number of ketones is 1. The minimum absolute atomic E-state index is 0.0258. The first-order valence-corrected chi connectivity index (χ1v) is 6.95. The Bertz CT molecular complexity index is 651. The first kappa shape index (κ1) is 15.7. The number of halogens is 1. The molecule has 0 aromatic heterocycles. The van der Waals surface area contributed by atoms with Gasteiger partial charge in [0.1, 0.15) is 5.82 Å². The number of aryl methyl sites for hydroxylation is 1. The van der Waals surface area contributed by atoms with Crippen LogP contribution in [-0.2, 0) is 0 Å². The molecule has 0 radical (unpaired) electrons. The number of nitrogens with one attached hydrogen (secondary N) is 2. The lowest BCUT2D eigenvalue weighted by molar-refractivity contribution is 0.0983. The zero-order valence-electron chi connectivity index (χ0n) is 12.2. The van der Waals surface area contributed by atoms with Crippen molar-refractivity contribution >= 4 is 17.5 Å². The summed E-state index contributed by atoms with van der Waals surface area (Å²) in [5.74, 6) is -0.392. The highest BCUT2D eigenvalue weighted by molar-refractivity contribution is 5.96. The Morgan fingerprint density at radius 3 is 2.27 bits per heavy atom. The molecule has 22 heavy (non-hydrogen) atoms. The standard InChI is InChI=1S/C17H17FN2O2/c1-12-2-4-13(5-3-12)16(21)10-11-19-17(22)20-15-8-6-14(18)7-9-15/h2-9H,10-11H2,1H3,(H2,19,20,22). The van der Waals surface area contributed by atoms with Crippen molar-refractivity contribution in [3.63, 3.8) is 0 Å². The van der Waals surface area contributed by atoms with Crippen molar-refractivity contribution < 1.29 is 14.0 Å². The van der Waals surface area contributed by atoms with Crippen molar-refractivity contribution in [2.24, 2.45) is 0 Å². The van der Waals surface area contributed by atoms with Crippen molar-refractivity contribution in [2.45, 2.75) is 13.3 Å². The third-order valence-electron chi connectivity index (χ3n) is 3.11. The average Bonchev–Trinajstić information content (AvgIpc) is 2.50. The van der Waals surface area contributed by atoms with E-state index in [1.807, 2.05) is 19.1 Å². The fourth-order valence-corrected chi connectivity index (χ4v) is 1.88. The fraction of sp³-hybridized carbons (Fsp3) is 0.176. The Balaban J connectivity index is 1.75. The molecule has 0 aliphatic heterocycles. The van der Waals surface area contributed by atoms with Crippen LogP contribution in [0.4, 0.5) is 14.9 Å². The van der Waals surface area contributed by atoms with Gasteiger partial charge in [0.2, 0.25) is 0 Å². The number of carbonyl (C=O) groups is 2. The van der Waals surface area contributed by atoms with Gasteiger partial charge in [-0.25, -0.2) is 9.18 Å². The minimum Gasteiger partial charge on any atom is -0.337 e. The van der Waals surface area contributed by atoms with Crippen LogP contribution in [0.3, 0.4) is 0 Å². The molecule has 4 nitrogen and oxygen atoms in total.